The molecule has 3 rings (SSSR count). The molecule has 0 unspecified atom stereocenters. The Morgan fingerprint density at radius 3 is 2.67 bits per heavy atom. The standard InChI is InChI=1S/C20H16ClFN4O4/c1-29-18-9-14(10-24-25-19-7-6-16(11-23-19)26(27)28)8-17(21)20(18)30-12-13-2-4-15(22)5-3-13/h2-11H,12H2,1H3,(H,23,25)/b24-10+. The van der Waals surface area contributed by atoms with E-state index in [4.69, 9.17) is 21.1 Å². The minimum absolute atomic E-state index is 0.114. The van der Waals surface area contributed by atoms with Crippen LogP contribution in [0.5, 0.6) is 11.5 Å². The van der Waals surface area contributed by atoms with Crippen molar-refractivity contribution in [3.05, 3.63) is 86.8 Å². The van der Waals surface area contributed by atoms with E-state index >= 15 is 0 Å². The number of aromatic nitrogens is 1. The molecule has 0 aliphatic carbocycles. The van der Waals surface area contributed by atoms with E-state index in [2.05, 4.69) is 15.5 Å². The second-order valence-electron chi connectivity index (χ2n) is 5.98. The molecule has 8 nitrogen and oxygen atoms in total. The molecule has 0 radical (unpaired) electrons. The summed E-state index contributed by atoms with van der Waals surface area (Å²) < 4.78 is 24.1. The third-order valence-electron chi connectivity index (χ3n) is 3.90. The van der Waals surface area contributed by atoms with Crippen molar-refractivity contribution in [1.82, 2.24) is 4.98 Å². The summed E-state index contributed by atoms with van der Waals surface area (Å²) in [5.74, 6) is 0.773. The molecule has 0 saturated carbocycles. The van der Waals surface area contributed by atoms with Crippen molar-refractivity contribution in [2.45, 2.75) is 6.61 Å². The van der Waals surface area contributed by atoms with Crippen LogP contribution in [0.15, 0.2) is 59.8 Å². The molecule has 2 aromatic carbocycles. The van der Waals surface area contributed by atoms with Crippen LogP contribution < -0.4 is 14.9 Å². The first-order valence-electron chi connectivity index (χ1n) is 8.60. The van der Waals surface area contributed by atoms with Crippen LogP contribution in [0.25, 0.3) is 0 Å². The molecular formula is C20H16ClFN4O4. The maximum atomic E-state index is 13.0. The van der Waals surface area contributed by atoms with Gasteiger partial charge in [0.2, 0.25) is 0 Å². The number of benzene rings is 2. The van der Waals surface area contributed by atoms with Gasteiger partial charge in [0.05, 0.1) is 23.3 Å². The monoisotopic (exact) mass is 430 g/mol. The number of hydrogen-bond donors (Lipinski definition) is 1. The quantitative estimate of drug-likeness (QED) is 0.312. The normalized spacial score (nSPS) is 10.8. The van der Waals surface area contributed by atoms with Gasteiger partial charge in [0.25, 0.3) is 5.69 Å². The smallest absolute Gasteiger partial charge is 0.287 e. The Bertz CT molecular complexity index is 1060. The Labute approximate surface area is 176 Å². The molecule has 1 heterocycles. The van der Waals surface area contributed by atoms with Crippen molar-refractivity contribution in [2.24, 2.45) is 5.10 Å². The van der Waals surface area contributed by atoms with Crippen LogP contribution in [0.4, 0.5) is 15.9 Å². The topological polar surface area (TPSA) is 98.9 Å². The van der Waals surface area contributed by atoms with Gasteiger partial charge in [-0.15, -0.1) is 0 Å². The first kappa shape index (κ1) is 21.0. The first-order chi connectivity index (χ1) is 14.5. The van der Waals surface area contributed by atoms with E-state index in [1.807, 2.05) is 0 Å². The molecule has 0 fully saturated rings. The predicted octanol–water partition coefficient (Wildman–Crippen LogP) is 4.82. The van der Waals surface area contributed by atoms with Gasteiger partial charge in [0, 0.05) is 6.07 Å². The van der Waals surface area contributed by atoms with E-state index in [0.29, 0.717) is 27.9 Å². The molecule has 0 amide bonds. The summed E-state index contributed by atoms with van der Waals surface area (Å²) in [6.07, 6.45) is 2.62. The van der Waals surface area contributed by atoms with Crippen LogP contribution in [-0.2, 0) is 6.61 Å². The van der Waals surface area contributed by atoms with E-state index < -0.39 is 4.92 Å². The molecule has 30 heavy (non-hydrogen) atoms. The molecule has 0 spiro atoms. The van der Waals surface area contributed by atoms with Crippen molar-refractivity contribution < 1.29 is 18.8 Å². The van der Waals surface area contributed by atoms with Crippen molar-refractivity contribution in [3.8, 4) is 11.5 Å². The maximum absolute atomic E-state index is 13.0. The summed E-state index contributed by atoms with van der Waals surface area (Å²) in [6, 6.07) is 12.0. The molecule has 0 atom stereocenters. The van der Waals surface area contributed by atoms with Gasteiger partial charge in [-0.25, -0.2) is 9.37 Å². The molecule has 10 heteroatoms. The summed E-state index contributed by atoms with van der Waals surface area (Å²) in [6.45, 7) is 0.192. The minimum Gasteiger partial charge on any atom is -0.493 e. The molecular weight excluding hydrogens is 415 g/mol. The van der Waals surface area contributed by atoms with Crippen LogP contribution in [0.1, 0.15) is 11.1 Å². The number of hydrazone groups is 1. The zero-order valence-electron chi connectivity index (χ0n) is 15.7. The molecule has 1 N–H and O–H groups in total. The van der Waals surface area contributed by atoms with Crippen molar-refractivity contribution in [2.75, 3.05) is 12.5 Å². The first-order valence-corrected chi connectivity index (χ1v) is 8.98. The molecule has 3 aromatic rings. The van der Waals surface area contributed by atoms with Gasteiger partial charge in [-0.1, -0.05) is 23.7 Å². The van der Waals surface area contributed by atoms with Gasteiger partial charge in [0.1, 0.15) is 24.4 Å². The predicted molar refractivity (Wildman–Crippen MR) is 111 cm³/mol. The third kappa shape index (κ3) is 5.42. The second-order valence-corrected chi connectivity index (χ2v) is 6.39. The summed E-state index contributed by atoms with van der Waals surface area (Å²) in [5.41, 5.74) is 3.96. The fourth-order valence-electron chi connectivity index (χ4n) is 2.42. The molecule has 154 valence electrons. The lowest BCUT2D eigenvalue weighted by Crippen LogP contribution is -2.00. The summed E-state index contributed by atoms with van der Waals surface area (Å²) in [5, 5.41) is 15.0. The highest BCUT2D eigenvalue weighted by atomic mass is 35.5. The zero-order chi connectivity index (χ0) is 21.5. The van der Waals surface area contributed by atoms with E-state index in [-0.39, 0.29) is 18.1 Å². The van der Waals surface area contributed by atoms with E-state index in [9.17, 15) is 14.5 Å². The average molecular weight is 431 g/mol. The SMILES string of the molecule is COc1cc(/C=N/Nc2ccc([N+](=O)[O-])cn2)cc(Cl)c1OCc1ccc(F)cc1. The Morgan fingerprint density at radius 2 is 2.03 bits per heavy atom. The lowest BCUT2D eigenvalue weighted by atomic mass is 10.2. The minimum atomic E-state index is -0.534. The number of anilines is 1. The number of ether oxygens (including phenoxy) is 2. The van der Waals surface area contributed by atoms with Crippen molar-refractivity contribution in [3.63, 3.8) is 0 Å². The largest absolute Gasteiger partial charge is 0.493 e. The molecule has 0 bridgehead atoms. The van der Waals surface area contributed by atoms with Crippen molar-refractivity contribution in [1.29, 1.82) is 0 Å². The maximum Gasteiger partial charge on any atom is 0.287 e. The Hall–Kier alpha value is -3.72. The van der Waals surface area contributed by atoms with Gasteiger partial charge >= 0.3 is 0 Å². The van der Waals surface area contributed by atoms with E-state index in [1.54, 1.807) is 24.3 Å². The lowest BCUT2D eigenvalue weighted by Gasteiger charge is -2.13. The van der Waals surface area contributed by atoms with E-state index in [1.165, 1.54) is 37.6 Å². The highest BCUT2D eigenvalue weighted by molar-refractivity contribution is 6.32. The average Bonchev–Trinajstić information content (AvgIpc) is 2.74. The molecule has 0 aliphatic heterocycles. The van der Waals surface area contributed by atoms with Gasteiger partial charge in [-0.05, 0) is 41.5 Å². The summed E-state index contributed by atoms with van der Waals surface area (Å²) in [4.78, 5) is 14.0. The van der Waals surface area contributed by atoms with Gasteiger partial charge < -0.3 is 9.47 Å². The number of pyridine rings is 1. The fourth-order valence-corrected chi connectivity index (χ4v) is 2.70. The van der Waals surface area contributed by atoms with Crippen LogP contribution >= 0.6 is 11.6 Å². The zero-order valence-corrected chi connectivity index (χ0v) is 16.5. The Kier molecular flexibility index (Phi) is 6.76. The van der Waals surface area contributed by atoms with Crippen LogP contribution in [0.2, 0.25) is 5.02 Å². The lowest BCUT2D eigenvalue weighted by molar-refractivity contribution is -0.385. The molecule has 0 saturated heterocycles. The van der Waals surface area contributed by atoms with Gasteiger partial charge in [-0.2, -0.15) is 5.10 Å². The van der Waals surface area contributed by atoms with Gasteiger partial charge in [0.15, 0.2) is 11.5 Å². The number of nitrogens with one attached hydrogen (secondary N) is 1. The number of hydrogen-bond acceptors (Lipinski definition) is 7. The Morgan fingerprint density at radius 1 is 1.27 bits per heavy atom. The van der Waals surface area contributed by atoms with Crippen LogP contribution in [0.3, 0.4) is 0 Å². The molecule has 0 aliphatic rings. The second kappa shape index (κ2) is 9.66. The number of nitro groups is 1. The number of rotatable bonds is 8. The number of methoxy groups -OCH3 is 1. The highest BCUT2D eigenvalue weighted by Crippen LogP contribution is 2.36. The van der Waals surface area contributed by atoms with Crippen LogP contribution in [-0.4, -0.2) is 23.2 Å². The van der Waals surface area contributed by atoms with Crippen LogP contribution in [0, 0.1) is 15.9 Å². The number of nitrogens with zero attached hydrogens (tertiary/aromatic N) is 3. The Balaban J connectivity index is 1.68. The van der Waals surface area contributed by atoms with Crippen molar-refractivity contribution >= 4 is 29.3 Å². The summed E-state index contributed by atoms with van der Waals surface area (Å²) >= 11 is 6.32. The van der Waals surface area contributed by atoms with Gasteiger partial charge in [-0.3, -0.25) is 15.5 Å². The molecule has 1 aromatic heterocycles. The summed E-state index contributed by atoms with van der Waals surface area (Å²) in [7, 11) is 1.48. The fraction of sp³-hybridized carbons (Fsp3) is 0.100. The number of halogens is 2. The third-order valence-corrected chi connectivity index (χ3v) is 4.18. The highest BCUT2D eigenvalue weighted by Gasteiger charge is 2.12. The van der Waals surface area contributed by atoms with E-state index in [0.717, 1.165) is 11.8 Å².